The molecule has 6 aromatic carbocycles. The second-order valence-electron chi connectivity index (χ2n) is 16.8. The number of nitrogens with zero attached hydrogens (tertiary/aromatic N) is 8. The fourth-order valence-electron chi connectivity index (χ4n) is 7.98. The third-order valence-corrected chi connectivity index (χ3v) is 11.4. The van der Waals surface area contributed by atoms with Crippen LogP contribution in [-0.4, -0.2) is 47.3 Å². The molecule has 0 fully saturated rings. The molecule has 4 heterocycles. The van der Waals surface area contributed by atoms with E-state index in [0.717, 1.165) is 46.3 Å². The van der Waals surface area contributed by atoms with Crippen LogP contribution in [0.2, 0.25) is 0 Å². The summed E-state index contributed by atoms with van der Waals surface area (Å²) in [5, 5.41) is 0. The van der Waals surface area contributed by atoms with Gasteiger partial charge in [0.25, 0.3) is 0 Å². The summed E-state index contributed by atoms with van der Waals surface area (Å²) in [5.74, 6) is 2.43. The average Bonchev–Trinajstić information content (AvgIpc) is 3.96. The molecule has 0 atom stereocenters. The van der Waals surface area contributed by atoms with E-state index in [0.29, 0.717) is 64.4 Å². The van der Waals surface area contributed by atoms with Gasteiger partial charge in [-0.3, -0.25) is 9.97 Å². The molecule has 0 aliphatic heterocycles. The smallest absolute Gasteiger partial charge is 0.345 e. The molecule has 18 nitrogen and oxygen atoms in total. The van der Waals surface area contributed by atoms with Crippen LogP contribution in [0.3, 0.4) is 0 Å². The minimum atomic E-state index is -0.824. The number of rotatable bonds is 12. The molecule has 0 spiro atoms. The Hall–Kier alpha value is -9.84. The van der Waals surface area contributed by atoms with Crippen LogP contribution in [0.1, 0.15) is 33.6 Å². The second-order valence-corrected chi connectivity index (χ2v) is 16.8. The highest BCUT2D eigenvalue weighted by atomic mass is 16.5. The number of nitrogens with one attached hydrogen (secondary N) is 2. The van der Waals surface area contributed by atoms with Gasteiger partial charge in [0.1, 0.15) is 23.0 Å². The molecule has 10 rings (SSSR count). The van der Waals surface area contributed by atoms with Gasteiger partial charge in [-0.05, 0) is 124 Å². The van der Waals surface area contributed by atoms with E-state index < -0.39 is 34.1 Å². The molecule has 0 saturated heterocycles. The molecular formula is C54H46N10O8. The van der Waals surface area contributed by atoms with E-state index in [1.807, 2.05) is 116 Å². The molecule has 0 amide bonds. The van der Waals surface area contributed by atoms with E-state index in [1.165, 1.54) is 0 Å². The van der Waals surface area contributed by atoms with Gasteiger partial charge < -0.3 is 18.6 Å². The first-order chi connectivity index (χ1) is 34.8. The number of para-hydroxylation sites is 2. The van der Waals surface area contributed by atoms with Crippen molar-refractivity contribution in [3.8, 4) is 45.7 Å². The first-order valence-corrected chi connectivity index (χ1v) is 22.6. The molecule has 0 aliphatic carbocycles. The summed E-state index contributed by atoms with van der Waals surface area (Å²) in [4.78, 5) is 90.6. The quantitative estimate of drug-likeness (QED) is 0.133. The summed E-state index contributed by atoms with van der Waals surface area (Å²) in [6, 6.07) is 42.6. The number of aromatic nitrogens is 10. The maximum Gasteiger partial charge on any atom is 0.345 e. The maximum atomic E-state index is 13.4. The summed E-state index contributed by atoms with van der Waals surface area (Å²) < 4.78 is 19.8. The zero-order valence-electron chi connectivity index (χ0n) is 39.4. The van der Waals surface area contributed by atoms with Crippen molar-refractivity contribution in [1.29, 1.82) is 0 Å². The first kappa shape index (κ1) is 47.2. The Kier molecular flexibility index (Phi) is 13.4. The number of H-pyrrole nitrogens is 2. The van der Waals surface area contributed by atoms with Crippen molar-refractivity contribution in [3.63, 3.8) is 0 Å². The van der Waals surface area contributed by atoms with Crippen LogP contribution < -0.4 is 43.6 Å². The predicted molar refractivity (Wildman–Crippen MR) is 271 cm³/mol. The average molecular weight is 963 g/mol. The second kappa shape index (κ2) is 20.4. The van der Waals surface area contributed by atoms with Crippen LogP contribution >= 0.6 is 0 Å². The van der Waals surface area contributed by atoms with Gasteiger partial charge in [-0.25, -0.2) is 57.0 Å². The van der Waals surface area contributed by atoms with E-state index in [2.05, 4.69) is 19.9 Å². The van der Waals surface area contributed by atoms with Crippen LogP contribution in [0, 0.1) is 27.7 Å². The minimum absolute atomic E-state index is 0.301. The van der Waals surface area contributed by atoms with Crippen LogP contribution in [0.15, 0.2) is 199 Å². The highest BCUT2D eigenvalue weighted by Crippen LogP contribution is 2.30. The summed E-state index contributed by atoms with van der Waals surface area (Å²) in [5.41, 5.74) is 1.53. The Morgan fingerprint density at radius 2 is 0.917 bits per heavy atom. The Balaban J connectivity index is 0.000000178. The maximum absolute atomic E-state index is 13.4. The topological polar surface area (TPSA) is 208 Å². The Bertz CT molecular complexity index is 3970. The molecule has 0 unspecified atom stereocenters. The number of ether oxygens (including phenoxy) is 2. The highest BCUT2D eigenvalue weighted by Gasteiger charge is 2.19. The van der Waals surface area contributed by atoms with Crippen molar-refractivity contribution in [1.82, 2.24) is 47.3 Å². The third kappa shape index (κ3) is 10.3. The van der Waals surface area contributed by atoms with E-state index >= 15 is 0 Å². The molecule has 0 saturated carbocycles. The van der Waals surface area contributed by atoms with Crippen molar-refractivity contribution in [2.75, 3.05) is 0 Å². The van der Waals surface area contributed by atoms with Crippen molar-refractivity contribution < 1.29 is 9.47 Å². The summed E-state index contributed by atoms with van der Waals surface area (Å²) in [6.07, 6.45) is 7.03. The monoisotopic (exact) mass is 962 g/mol. The molecule has 360 valence electrons. The predicted octanol–water partition coefficient (Wildman–Crippen LogP) is 6.66. The van der Waals surface area contributed by atoms with E-state index in [9.17, 15) is 28.8 Å². The number of aryl methyl sites for hydroxylation is 4. The zero-order chi connectivity index (χ0) is 50.5. The fraction of sp³-hybridized carbons (Fsp3) is 0.111. The van der Waals surface area contributed by atoms with Gasteiger partial charge in [0, 0.05) is 29.2 Å². The fourth-order valence-corrected chi connectivity index (χ4v) is 7.98. The van der Waals surface area contributed by atoms with E-state index in [1.54, 1.807) is 91.6 Å². The van der Waals surface area contributed by atoms with Crippen LogP contribution in [0.25, 0.3) is 22.7 Å². The lowest BCUT2D eigenvalue weighted by atomic mass is 10.1. The highest BCUT2D eigenvalue weighted by molar-refractivity contribution is 5.48. The molecule has 4 aromatic heterocycles. The molecule has 2 N–H and O–H groups in total. The first-order valence-electron chi connectivity index (χ1n) is 22.6. The summed E-state index contributed by atoms with van der Waals surface area (Å²) >= 11 is 0. The standard InChI is InChI=1S/2C27H23N5O4/c1-18-7-6-8-21(13-18)31-25(33)29-26(34)32(27(31)35)22-11-12-24(36-23-9-4-3-5-10-23)20(14-22)16-30-15-19(2)28-17-30;1-18-7-6-8-21(13-18)31-25(33)29-26(34)32(27(31)35)22-11-12-24(36-23-9-4-3-5-10-23)20(14-22)16-30-17-28-15-19(30)2/h2*3-15,17H,16H2,1-2H3,(H,29,33,34). The molecule has 72 heavy (non-hydrogen) atoms. The number of imidazole rings is 2. The van der Waals surface area contributed by atoms with Gasteiger partial charge >= 0.3 is 34.1 Å². The Labute approximate surface area is 409 Å². The Morgan fingerprint density at radius 3 is 1.32 bits per heavy atom. The number of benzene rings is 6. The summed E-state index contributed by atoms with van der Waals surface area (Å²) in [7, 11) is 0. The molecular weight excluding hydrogens is 917 g/mol. The molecule has 0 radical (unpaired) electrons. The Morgan fingerprint density at radius 1 is 0.472 bits per heavy atom. The third-order valence-electron chi connectivity index (χ3n) is 11.4. The van der Waals surface area contributed by atoms with Gasteiger partial charge in [-0.2, -0.15) is 0 Å². The largest absolute Gasteiger partial charge is 0.457 e. The van der Waals surface area contributed by atoms with Crippen LogP contribution in [0.4, 0.5) is 0 Å². The molecule has 10 aromatic rings. The lowest BCUT2D eigenvalue weighted by Gasteiger charge is -2.15. The van der Waals surface area contributed by atoms with Crippen molar-refractivity contribution >= 4 is 0 Å². The lowest BCUT2D eigenvalue weighted by Crippen LogP contribution is -2.48. The number of hydrogen-bond donors (Lipinski definition) is 2. The van der Waals surface area contributed by atoms with E-state index in [-0.39, 0.29) is 0 Å². The summed E-state index contributed by atoms with van der Waals surface area (Å²) in [6.45, 7) is 8.32. The van der Waals surface area contributed by atoms with E-state index in [4.69, 9.17) is 9.47 Å². The van der Waals surface area contributed by atoms with Crippen molar-refractivity contribution in [3.05, 3.63) is 267 Å². The normalized spacial score (nSPS) is 10.9. The number of hydrogen-bond acceptors (Lipinski definition) is 10. The van der Waals surface area contributed by atoms with Crippen LogP contribution in [0.5, 0.6) is 23.0 Å². The van der Waals surface area contributed by atoms with Gasteiger partial charge in [0.2, 0.25) is 0 Å². The SMILES string of the molecule is Cc1cccc(-n2c(=O)[nH]c(=O)n(-c3ccc(Oc4ccccc4)c(Cn4cnc(C)c4)c3)c2=O)c1.Cc1cccc(-n2c(=O)[nH]c(=O)n(-c3ccc(Oc4ccccc4)c(Cn4cncc4C)c3)c2=O)c1. The van der Waals surface area contributed by atoms with Gasteiger partial charge in [0.15, 0.2) is 0 Å². The van der Waals surface area contributed by atoms with Gasteiger partial charge in [-0.1, -0.05) is 60.7 Å². The van der Waals surface area contributed by atoms with Crippen LogP contribution in [-0.2, 0) is 13.1 Å². The zero-order valence-corrected chi connectivity index (χ0v) is 39.4. The van der Waals surface area contributed by atoms with Crippen molar-refractivity contribution in [2.24, 2.45) is 0 Å². The molecule has 18 heteroatoms. The van der Waals surface area contributed by atoms with Gasteiger partial charge in [-0.15, -0.1) is 0 Å². The molecule has 0 bridgehead atoms. The minimum Gasteiger partial charge on any atom is -0.457 e. The molecule has 0 aliphatic rings. The van der Waals surface area contributed by atoms with Gasteiger partial charge in [0.05, 0.1) is 54.2 Å². The lowest BCUT2D eigenvalue weighted by molar-refractivity contribution is 0.473. The van der Waals surface area contributed by atoms with Crippen molar-refractivity contribution in [2.45, 2.75) is 40.8 Å². The number of aromatic amines is 2.